The molecule has 0 saturated heterocycles. The van der Waals surface area contributed by atoms with E-state index in [1.54, 1.807) is 19.3 Å². The molecule has 0 heterocycles. The number of benzene rings is 3. The van der Waals surface area contributed by atoms with E-state index in [-0.39, 0.29) is 5.91 Å². The number of carbonyl (C=O) groups is 1. The molecule has 0 unspecified atom stereocenters. The van der Waals surface area contributed by atoms with Crippen LogP contribution in [0, 0.1) is 0 Å². The molecular weight excluding hydrogens is 362 g/mol. The molecule has 0 spiro atoms. The smallest absolute Gasteiger partial charge is 0.244 e. The Kier molecular flexibility index (Phi) is 7.47. The Hall–Kier alpha value is -3.53. The summed E-state index contributed by atoms with van der Waals surface area (Å²) in [6, 6.07) is 25.6. The van der Waals surface area contributed by atoms with E-state index in [0.29, 0.717) is 13.2 Å². The summed E-state index contributed by atoms with van der Waals surface area (Å²) < 4.78 is 10.9. The van der Waals surface area contributed by atoms with Crippen LogP contribution in [-0.2, 0) is 17.8 Å². The molecule has 1 amide bonds. The van der Waals surface area contributed by atoms with E-state index in [4.69, 9.17) is 9.47 Å². The van der Waals surface area contributed by atoms with Gasteiger partial charge in [-0.3, -0.25) is 4.79 Å². The largest absolute Gasteiger partial charge is 0.497 e. The minimum absolute atomic E-state index is 0.108. The fourth-order valence-corrected chi connectivity index (χ4v) is 2.77. The monoisotopic (exact) mass is 387 g/mol. The SMILES string of the molecule is COc1ccc(CCNC(=O)/C=C/c2ccc(OCc3ccccc3)cc2)cc1. The first-order valence-corrected chi connectivity index (χ1v) is 9.58. The van der Waals surface area contributed by atoms with E-state index in [1.807, 2.05) is 78.9 Å². The molecule has 3 rings (SSSR count). The Bertz CT molecular complexity index is 917. The zero-order valence-corrected chi connectivity index (χ0v) is 16.5. The van der Waals surface area contributed by atoms with Crippen LogP contribution in [0.2, 0.25) is 0 Å². The van der Waals surface area contributed by atoms with Gasteiger partial charge in [0.25, 0.3) is 0 Å². The van der Waals surface area contributed by atoms with Gasteiger partial charge in [-0.05, 0) is 53.5 Å². The second-order valence-electron chi connectivity index (χ2n) is 6.57. The quantitative estimate of drug-likeness (QED) is 0.544. The maximum absolute atomic E-state index is 12.0. The number of carbonyl (C=O) groups excluding carboxylic acids is 1. The number of hydrogen-bond donors (Lipinski definition) is 1. The molecule has 1 N–H and O–H groups in total. The van der Waals surface area contributed by atoms with Crippen molar-refractivity contribution in [2.24, 2.45) is 0 Å². The Balaban J connectivity index is 1.41. The average molecular weight is 387 g/mol. The van der Waals surface area contributed by atoms with Gasteiger partial charge in [-0.2, -0.15) is 0 Å². The molecule has 3 aromatic rings. The molecule has 4 nitrogen and oxygen atoms in total. The van der Waals surface area contributed by atoms with E-state index in [2.05, 4.69) is 5.32 Å². The van der Waals surface area contributed by atoms with Gasteiger partial charge >= 0.3 is 0 Å². The van der Waals surface area contributed by atoms with Crippen LogP contribution in [0.3, 0.4) is 0 Å². The highest BCUT2D eigenvalue weighted by atomic mass is 16.5. The zero-order chi connectivity index (χ0) is 20.3. The van der Waals surface area contributed by atoms with E-state index in [0.717, 1.165) is 34.6 Å². The molecule has 0 radical (unpaired) electrons. The van der Waals surface area contributed by atoms with Crippen LogP contribution in [0.15, 0.2) is 84.9 Å². The first-order valence-electron chi connectivity index (χ1n) is 9.58. The molecule has 4 heteroatoms. The van der Waals surface area contributed by atoms with Gasteiger partial charge in [-0.25, -0.2) is 0 Å². The number of rotatable bonds is 9. The van der Waals surface area contributed by atoms with Gasteiger partial charge in [0.2, 0.25) is 5.91 Å². The van der Waals surface area contributed by atoms with E-state index in [9.17, 15) is 4.79 Å². The third kappa shape index (κ3) is 6.85. The molecule has 29 heavy (non-hydrogen) atoms. The highest BCUT2D eigenvalue weighted by Crippen LogP contribution is 2.15. The molecule has 148 valence electrons. The Morgan fingerprint density at radius 2 is 1.55 bits per heavy atom. The molecule has 0 bridgehead atoms. The Labute approximate surface area is 171 Å². The van der Waals surface area contributed by atoms with E-state index in [1.165, 1.54) is 0 Å². The summed E-state index contributed by atoms with van der Waals surface area (Å²) in [4.78, 5) is 12.0. The predicted octanol–water partition coefficient (Wildman–Crippen LogP) is 4.65. The molecule has 0 saturated carbocycles. The molecular formula is C25H25NO3. The second kappa shape index (κ2) is 10.7. The van der Waals surface area contributed by atoms with Gasteiger partial charge in [0, 0.05) is 12.6 Å². The Morgan fingerprint density at radius 3 is 2.24 bits per heavy atom. The number of nitrogens with one attached hydrogen (secondary N) is 1. The van der Waals surface area contributed by atoms with Crippen molar-refractivity contribution >= 4 is 12.0 Å². The summed E-state index contributed by atoms with van der Waals surface area (Å²) in [5, 5.41) is 2.90. The number of ether oxygens (including phenoxy) is 2. The molecule has 0 atom stereocenters. The summed E-state index contributed by atoms with van der Waals surface area (Å²) in [5.41, 5.74) is 3.23. The van der Waals surface area contributed by atoms with Crippen molar-refractivity contribution < 1.29 is 14.3 Å². The van der Waals surface area contributed by atoms with Gasteiger partial charge in [0.15, 0.2) is 0 Å². The molecule has 0 aliphatic carbocycles. The lowest BCUT2D eigenvalue weighted by atomic mass is 10.1. The van der Waals surface area contributed by atoms with Gasteiger partial charge in [0.05, 0.1) is 7.11 Å². The first kappa shape index (κ1) is 20.2. The van der Waals surface area contributed by atoms with Crippen molar-refractivity contribution in [3.05, 3.63) is 102 Å². The number of amides is 1. The fourth-order valence-electron chi connectivity index (χ4n) is 2.77. The number of hydrogen-bond acceptors (Lipinski definition) is 3. The summed E-state index contributed by atoms with van der Waals surface area (Å²) in [6.07, 6.45) is 4.12. The van der Waals surface area contributed by atoms with Crippen LogP contribution < -0.4 is 14.8 Å². The van der Waals surface area contributed by atoms with E-state index < -0.39 is 0 Å². The van der Waals surface area contributed by atoms with Crippen LogP contribution in [0.1, 0.15) is 16.7 Å². The lowest BCUT2D eigenvalue weighted by molar-refractivity contribution is -0.116. The fraction of sp³-hybridized carbons (Fsp3) is 0.160. The van der Waals surface area contributed by atoms with Crippen molar-refractivity contribution in [2.75, 3.05) is 13.7 Å². The predicted molar refractivity (Wildman–Crippen MR) is 116 cm³/mol. The van der Waals surface area contributed by atoms with Crippen LogP contribution in [0.5, 0.6) is 11.5 Å². The van der Waals surface area contributed by atoms with Gasteiger partial charge in [-0.1, -0.05) is 54.6 Å². The third-order valence-electron chi connectivity index (χ3n) is 4.43. The van der Waals surface area contributed by atoms with Crippen molar-refractivity contribution in [1.29, 1.82) is 0 Å². The standard InChI is InChI=1S/C25H25NO3/c1-28-23-12-7-21(8-13-23)17-18-26-25(27)16-11-20-9-14-24(15-10-20)29-19-22-5-3-2-4-6-22/h2-16H,17-19H2,1H3,(H,26,27)/b16-11+. The van der Waals surface area contributed by atoms with E-state index >= 15 is 0 Å². The zero-order valence-electron chi connectivity index (χ0n) is 16.5. The highest BCUT2D eigenvalue weighted by Gasteiger charge is 1.99. The minimum atomic E-state index is -0.108. The highest BCUT2D eigenvalue weighted by molar-refractivity contribution is 5.91. The normalized spacial score (nSPS) is 10.7. The van der Waals surface area contributed by atoms with Gasteiger partial charge in [0.1, 0.15) is 18.1 Å². The molecule has 0 aliphatic heterocycles. The average Bonchev–Trinajstić information content (AvgIpc) is 2.78. The van der Waals surface area contributed by atoms with Crippen LogP contribution >= 0.6 is 0 Å². The summed E-state index contributed by atoms with van der Waals surface area (Å²) in [7, 11) is 1.65. The van der Waals surface area contributed by atoms with Crippen LogP contribution in [0.25, 0.3) is 6.08 Å². The van der Waals surface area contributed by atoms with Crippen LogP contribution in [-0.4, -0.2) is 19.6 Å². The lowest BCUT2D eigenvalue weighted by Gasteiger charge is -2.06. The van der Waals surface area contributed by atoms with Crippen molar-refractivity contribution in [3.8, 4) is 11.5 Å². The van der Waals surface area contributed by atoms with Crippen LogP contribution in [0.4, 0.5) is 0 Å². The molecule has 0 fully saturated rings. The topological polar surface area (TPSA) is 47.6 Å². The second-order valence-corrected chi connectivity index (χ2v) is 6.57. The maximum atomic E-state index is 12.0. The summed E-state index contributed by atoms with van der Waals surface area (Å²) in [5.74, 6) is 1.52. The van der Waals surface area contributed by atoms with Gasteiger partial charge in [-0.15, -0.1) is 0 Å². The molecule has 0 aliphatic rings. The first-order chi connectivity index (χ1) is 14.2. The maximum Gasteiger partial charge on any atom is 0.244 e. The van der Waals surface area contributed by atoms with Crippen molar-refractivity contribution in [3.63, 3.8) is 0 Å². The summed E-state index contributed by atoms with van der Waals surface area (Å²) >= 11 is 0. The Morgan fingerprint density at radius 1 is 0.862 bits per heavy atom. The third-order valence-corrected chi connectivity index (χ3v) is 4.43. The van der Waals surface area contributed by atoms with Crippen molar-refractivity contribution in [1.82, 2.24) is 5.32 Å². The van der Waals surface area contributed by atoms with Gasteiger partial charge < -0.3 is 14.8 Å². The molecule has 0 aromatic heterocycles. The van der Waals surface area contributed by atoms with Crippen molar-refractivity contribution in [2.45, 2.75) is 13.0 Å². The molecule has 3 aromatic carbocycles. The minimum Gasteiger partial charge on any atom is -0.497 e. The lowest BCUT2D eigenvalue weighted by Crippen LogP contribution is -2.23. The number of methoxy groups -OCH3 is 1. The summed E-state index contributed by atoms with van der Waals surface area (Å²) in [6.45, 7) is 1.12.